The minimum absolute atomic E-state index is 0.274. The fourth-order valence-corrected chi connectivity index (χ4v) is 5.15. The number of methoxy groups -OCH3 is 2. The summed E-state index contributed by atoms with van der Waals surface area (Å²) >= 11 is 0. The molecule has 0 unspecified atom stereocenters. The number of esters is 2. The van der Waals surface area contributed by atoms with Crippen molar-refractivity contribution in [2.45, 2.75) is 46.0 Å². The molecule has 2 atom stereocenters. The van der Waals surface area contributed by atoms with Gasteiger partial charge >= 0.3 is 11.9 Å². The summed E-state index contributed by atoms with van der Waals surface area (Å²) in [5, 5.41) is 0. The molecule has 0 aliphatic heterocycles. The van der Waals surface area contributed by atoms with Gasteiger partial charge in [0.1, 0.15) is 0 Å². The van der Waals surface area contributed by atoms with E-state index >= 15 is 0 Å². The first-order valence-corrected chi connectivity index (χ1v) is 7.59. The van der Waals surface area contributed by atoms with Crippen LogP contribution in [0.25, 0.3) is 0 Å². The fourth-order valence-electron chi connectivity index (χ4n) is 5.15. The van der Waals surface area contributed by atoms with E-state index in [2.05, 4.69) is 13.8 Å². The molecule has 4 nitrogen and oxygen atoms in total. The molecule has 0 radical (unpaired) electrons. The van der Waals surface area contributed by atoms with Crippen molar-refractivity contribution in [3.63, 3.8) is 0 Å². The number of allylic oxidation sites excluding steroid dienone is 2. The summed E-state index contributed by atoms with van der Waals surface area (Å²) in [7, 11) is 2.75. The molecule has 0 spiro atoms. The van der Waals surface area contributed by atoms with E-state index in [0.717, 1.165) is 32.1 Å². The first kappa shape index (κ1) is 14.4. The van der Waals surface area contributed by atoms with Crippen LogP contribution in [-0.2, 0) is 19.1 Å². The minimum atomic E-state index is -0.375. The second-order valence-electron chi connectivity index (χ2n) is 6.35. The highest BCUT2D eigenvalue weighted by atomic mass is 16.5. The maximum absolute atomic E-state index is 12.3. The van der Waals surface area contributed by atoms with Crippen LogP contribution in [0.3, 0.4) is 0 Å². The van der Waals surface area contributed by atoms with Crippen LogP contribution in [0, 0.1) is 10.8 Å². The summed E-state index contributed by atoms with van der Waals surface area (Å²) in [4.78, 5) is 24.6. The van der Waals surface area contributed by atoms with Crippen LogP contribution in [0.4, 0.5) is 0 Å². The number of hydrogen-bond acceptors (Lipinski definition) is 4. The minimum Gasteiger partial charge on any atom is -0.466 e. The molecule has 3 aliphatic carbocycles. The number of carbonyl (C=O) groups is 2. The Balaban J connectivity index is 2.23. The van der Waals surface area contributed by atoms with Crippen molar-refractivity contribution in [3.05, 3.63) is 22.3 Å². The van der Waals surface area contributed by atoms with Gasteiger partial charge in [0.2, 0.25) is 0 Å². The van der Waals surface area contributed by atoms with E-state index in [4.69, 9.17) is 9.47 Å². The van der Waals surface area contributed by atoms with Crippen LogP contribution in [0.2, 0.25) is 0 Å². The van der Waals surface area contributed by atoms with Crippen molar-refractivity contribution in [1.82, 2.24) is 0 Å². The lowest BCUT2D eigenvalue weighted by Gasteiger charge is -2.68. The van der Waals surface area contributed by atoms with E-state index in [1.165, 1.54) is 25.4 Å². The molecular weight excluding hydrogens is 268 g/mol. The van der Waals surface area contributed by atoms with Gasteiger partial charge in [0, 0.05) is 10.8 Å². The molecule has 3 rings (SSSR count). The average Bonchev–Trinajstić information content (AvgIpc) is 2.61. The highest BCUT2D eigenvalue weighted by Crippen LogP contribution is 2.79. The summed E-state index contributed by atoms with van der Waals surface area (Å²) < 4.78 is 9.94. The van der Waals surface area contributed by atoms with Crippen molar-refractivity contribution in [2.24, 2.45) is 10.8 Å². The first-order chi connectivity index (χ1) is 9.99. The Bertz CT molecular complexity index is 548. The Labute approximate surface area is 125 Å². The van der Waals surface area contributed by atoms with E-state index in [0.29, 0.717) is 11.1 Å². The van der Waals surface area contributed by atoms with Crippen molar-refractivity contribution >= 4 is 11.9 Å². The van der Waals surface area contributed by atoms with Crippen LogP contribution in [0.15, 0.2) is 22.3 Å². The monoisotopic (exact) mass is 290 g/mol. The highest BCUT2D eigenvalue weighted by molar-refractivity contribution is 6.09. The maximum atomic E-state index is 12.3. The van der Waals surface area contributed by atoms with Gasteiger partial charge in [-0.1, -0.05) is 30.4 Å². The van der Waals surface area contributed by atoms with Crippen LogP contribution in [0.5, 0.6) is 0 Å². The van der Waals surface area contributed by atoms with Gasteiger partial charge in [-0.25, -0.2) is 9.59 Å². The molecule has 3 aliphatic rings. The van der Waals surface area contributed by atoms with Crippen molar-refractivity contribution in [2.75, 3.05) is 14.2 Å². The largest absolute Gasteiger partial charge is 0.466 e. The van der Waals surface area contributed by atoms with E-state index in [-0.39, 0.29) is 22.8 Å². The molecule has 1 saturated carbocycles. The van der Waals surface area contributed by atoms with Crippen LogP contribution in [-0.4, -0.2) is 26.2 Å². The van der Waals surface area contributed by atoms with Gasteiger partial charge in [0.25, 0.3) is 0 Å². The van der Waals surface area contributed by atoms with Gasteiger partial charge in [-0.2, -0.15) is 0 Å². The Morgan fingerprint density at radius 1 is 0.810 bits per heavy atom. The first-order valence-electron chi connectivity index (χ1n) is 7.59. The molecular formula is C17H22O4. The summed E-state index contributed by atoms with van der Waals surface area (Å²) in [5.41, 5.74) is 3.06. The molecule has 21 heavy (non-hydrogen) atoms. The lowest BCUT2D eigenvalue weighted by Crippen LogP contribution is -2.65. The van der Waals surface area contributed by atoms with Gasteiger partial charge in [0.15, 0.2) is 0 Å². The van der Waals surface area contributed by atoms with Crippen molar-refractivity contribution in [1.29, 1.82) is 0 Å². The zero-order chi connectivity index (χ0) is 15.4. The molecule has 0 aromatic carbocycles. The molecule has 1 fully saturated rings. The predicted molar refractivity (Wildman–Crippen MR) is 77.4 cm³/mol. The number of hydrogen-bond donors (Lipinski definition) is 0. The Hall–Kier alpha value is -1.58. The molecule has 0 amide bonds. The van der Waals surface area contributed by atoms with E-state index in [1.54, 1.807) is 0 Å². The van der Waals surface area contributed by atoms with Crippen molar-refractivity contribution in [3.8, 4) is 0 Å². The zero-order valence-corrected chi connectivity index (χ0v) is 13.2. The predicted octanol–water partition coefficient (Wildman–Crippen LogP) is 2.93. The second kappa shape index (κ2) is 4.46. The molecule has 0 saturated heterocycles. The van der Waals surface area contributed by atoms with Gasteiger partial charge in [-0.3, -0.25) is 0 Å². The third-order valence-corrected chi connectivity index (χ3v) is 6.06. The lowest BCUT2D eigenvalue weighted by atomic mass is 9.32. The topological polar surface area (TPSA) is 52.6 Å². The normalized spacial score (nSPS) is 34.1. The summed E-state index contributed by atoms with van der Waals surface area (Å²) in [6.07, 6.45) is 5.18. The third kappa shape index (κ3) is 1.32. The Morgan fingerprint density at radius 3 is 1.52 bits per heavy atom. The summed E-state index contributed by atoms with van der Waals surface area (Å²) in [5.74, 6) is -0.750. The molecule has 4 heteroatoms. The molecule has 0 aromatic rings. The van der Waals surface area contributed by atoms with Crippen LogP contribution >= 0.6 is 0 Å². The number of ether oxygens (including phenoxy) is 2. The SMILES string of the molecule is COC(=O)C1=C(C(=O)OC)[C@]23CCCCC[C@]12C(C)=C3C. The molecule has 114 valence electrons. The Kier molecular flexibility index (Phi) is 3.05. The highest BCUT2D eigenvalue weighted by Gasteiger charge is 2.75. The Morgan fingerprint density at radius 2 is 1.19 bits per heavy atom. The van der Waals surface area contributed by atoms with E-state index in [1.807, 2.05) is 0 Å². The molecule has 0 aromatic heterocycles. The lowest BCUT2D eigenvalue weighted by molar-refractivity contribution is -0.147. The quantitative estimate of drug-likeness (QED) is 0.579. The maximum Gasteiger partial charge on any atom is 0.335 e. The average molecular weight is 290 g/mol. The van der Waals surface area contributed by atoms with Gasteiger partial charge in [-0.05, 0) is 26.7 Å². The second-order valence-corrected chi connectivity index (χ2v) is 6.35. The van der Waals surface area contributed by atoms with Gasteiger partial charge in [-0.15, -0.1) is 0 Å². The summed E-state index contributed by atoms with van der Waals surface area (Å²) in [6.45, 7) is 4.19. The van der Waals surface area contributed by atoms with E-state index in [9.17, 15) is 9.59 Å². The molecule has 0 N–H and O–H groups in total. The van der Waals surface area contributed by atoms with Crippen LogP contribution in [0.1, 0.15) is 46.0 Å². The smallest absolute Gasteiger partial charge is 0.335 e. The third-order valence-electron chi connectivity index (χ3n) is 6.06. The summed E-state index contributed by atoms with van der Waals surface area (Å²) in [6, 6.07) is 0. The molecule has 0 bridgehead atoms. The van der Waals surface area contributed by atoms with Gasteiger partial charge in [0.05, 0.1) is 25.4 Å². The van der Waals surface area contributed by atoms with Crippen LogP contribution < -0.4 is 0 Å². The fraction of sp³-hybridized carbons (Fsp3) is 0.647. The molecule has 0 heterocycles. The van der Waals surface area contributed by atoms with E-state index < -0.39 is 0 Å². The zero-order valence-electron chi connectivity index (χ0n) is 13.2. The van der Waals surface area contributed by atoms with Crippen molar-refractivity contribution < 1.29 is 19.1 Å². The number of carbonyl (C=O) groups excluding carboxylic acids is 2. The standard InChI is InChI=1S/C17H22O4/c1-10-11(2)17-9-7-5-6-8-16(10,17)12(14(18)20-3)13(17)15(19)21-4/h5-9H2,1-4H3/t16-,17+. The van der Waals surface area contributed by atoms with Gasteiger partial charge < -0.3 is 9.47 Å². The number of rotatable bonds is 2.